The van der Waals surface area contributed by atoms with Gasteiger partial charge in [0.25, 0.3) is 5.91 Å². The predicted octanol–water partition coefficient (Wildman–Crippen LogP) is 3.46. The molecule has 0 fully saturated rings. The van der Waals surface area contributed by atoms with Gasteiger partial charge in [-0.3, -0.25) is 4.79 Å². The average Bonchev–Trinajstić information content (AvgIpc) is 2.63. The van der Waals surface area contributed by atoms with Crippen LogP contribution < -0.4 is 9.47 Å². The summed E-state index contributed by atoms with van der Waals surface area (Å²) in [6.45, 7) is 10.8. The second-order valence-electron chi connectivity index (χ2n) is 6.01. The number of hydrogen-bond donors (Lipinski definition) is 0. The number of rotatable bonds is 11. The predicted molar refractivity (Wildman–Crippen MR) is 101 cm³/mol. The van der Waals surface area contributed by atoms with Gasteiger partial charge >= 0.3 is 5.97 Å². The van der Waals surface area contributed by atoms with E-state index in [-0.39, 0.29) is 12.5 Å². The highest BCUT2D eigenvalue weighted by Crippen LogP contribution is 2.28. The molecule has 1 aromatic rings. The molecule has 0 radical (unpaired) electrons. The second kappa shape index (κ2) is 11.2. The zero-order chi connectivity index (χ0) is 19.5. The maximum atomic E-state index is 12.2. The molecule has 0 aliphatic carbocycles. The first-order chi connectivity index (χ1) is 12.4. The summed E-state index contributed by atoms with van der Waals surface area (Å²) in [5, 5.41) is 0. The number of unbranched alkanes of at least 4 members (excludes halogenated alkanes) is 1. The van der Waals surface area contributed by atoms with Crippen LogP contribution >= 0.6 is 0 Å². The molecule has 0 unspecified atom stereocenters. The third-order valence-corrected chi connectivity index (χ3v) is 3.68. The molecule has 0 aliphatic heterocycles. The van der Waals surface area contributed by atoms with E-state index >= 15 is 0 Å². The van der Waals surface area contributed by atoms with E-state index in [1.165, 1.54) is 7.11 Å². The third-order valence-electron chi connectivity index (χ3n) is 3.68. The maximum Gasteiger partial charge on any atom is 0.338 e. The van der Waals surface area contributed by atoms with E-state index in [4.69, 9.17) is 14.2 Å². The Balaban J connectivity index is 2.69. The largest absolute Gasteiger partial charge is 0.493 e. The van der Waals surface area contributed by atoms with Crippen molar-refractivity contribution < 1.29 is 23.8 Å². The Morgan fingerprint density at radius 1 is 1.19 bits per heavy atom. The van der Waals surface area contributed by atoms with Gasteiger partial charge in [-0.2, -0.15) is 0 Å². The number of likely N-dealkylation sites (N-methyl/N-ethyl adjacent to an activating group) is 1. The molecule has 0 aliphatic rings. The Labute approximate surface area is 155 Å². The number of carbonyl (C=O) groups excluding carboxylic acids is 2. The van der Waals surface area contributed by atoms with Crippen molar-refractivity contribution >= 4 is 11.9 Å². The molecule has 0 N–H and O–H groups in total. The summed E-state index contributed by atoms with van der Waals surface area (Å²) in [7, 11) is 1.51. The van der Waals surface area contributed by atoms with Crippen LogP contribution in [0, 0.1) is 0 Å². The topological polar surface area (TPSA) is 65.1 Å². The van der Waals surface area contributed by atoms with Crippen molar-refractivity contribution in [2.45, 2.75) is 33.6 Å². The van der Waals surface area contributed by atoms with E-state index < -0.39 is 5.97 Å². The molecule has 1 aromatic carbocycles. The van der Waals surface area contributed by atoms with Gasteiger partial charge in [0, 0.05) is 13.1 Å². The van der Waals surface area contributed by atoms with Crippen molar-refractivity contribution in [3.05, 3.63) is 35.9 Å². The summed E-state index contributed by atoms with van der Waals surface area (Å²) >= 11 is 0. The highest BCUT2D eigenvalue weighted by Gasteiger charge is 2.17. The first-order valence-electron chi connectivity index (χ1n) is 8.83. The second-order valence-corrected chi connectivity index (χ2v) is 6.01. The summed E-state index contributed by atoms with van der Waals surface area (Å²) in [5.74, 6) is 0.199. The van der Waals surface area contributed by atoms with Crippen LogP contribution in [-0.2, 0) is 9.53 Å². The number of ether oxygens (including phenoxy) is 3. The Morgan fingerprint density at radius 2 is 1.92 bits per heavy atom. The van der Waals surface area contributed by atoms with Crippen molar-refractivity contribution in [2.24, 2.45) is 0 Å². The highest BCUT2D eigenvalue weighted by molar-refractivity contribution is 5.92. The van der Waals surface area contributed by atoms with Crippen LogP contribution in [0.3, 0.4) is 0 Å². The average molecular weight is 363 g/mol. The van der Waals surface area contributed by atoms with Crippen molar-refractivity contribution in [3.63, 3.8) is 0 Å². The minimum Gasteiger partial charge on any atom is -0.493 e. The molecule has 1 amide bonds. The summed E-state index contributed by atoms with van der Waals surface area (Å²) in [6.07, 6.45) is 1.97. The molecular weight excluding hydrogens is 334 g/mol. The van der Waals surface area contributed by atoms with Crippen molar-refractivity contribution in [1.82, 2.24) is 4.90 Å². The monoisotopic (exact) mass is 363 g/mol. The van der Waals surface area contributed by atoms with Gasteiger partial charge in [0.2, 0.25) is 0 Å². The van der Waals surface area contributed by atoms with Gasteiger partial charge in [-0.15, -0.1) is 0 Å². The first kappa shape index (κ1) is 21.5. The quantitative estimate of drug-likeness (QED) is 0.342. The Morgan fingerprint density at radius 3 is 2.50 bits per heavy atom. The molecule has 26 heavy (non-hydrogen) atoms. The van der Waals surface area contributed by atoms with E-state index in [0.29, 0.717) is 36.8 Å². The zero-order valence-electron chi connectivity index (χ0n) is 16.2. The minimum atomic E-state index is -0.580. The van der Waals surface area contributed by atoms with Crippen LogP contribution in [0.25, 0.3) is 0 Å². The summed E-state index contributed by atoms with van der Waals surface area (Å²) in [6, 6.07) is 4.83. The number of amides is 1. The van der Waals surface area contributed by atoms with Gasteiger partial charge in [0.15, 0.2) is 18.1 Å². The minimum absolute atomic E-state index is 0.254. The number of benzene rings is 1. The van der Waals surface area contributed by atoms with Crippen LogP contribution in [0.15, 0.2) is 30.4 Å². The molecule has 0 atom stereocenters. The zero-order valence-corrected chi connectivity index (χ0v) is 16.2. The molecule has 144 valence electrons. The van der Waals surface area contributed by atoms with Crippen LogP contribution in [0.5, 0.6) is 11.5 Å². The van der Waals surface area contributed by atoms with Crippen LogP contribution in [-0.4, -0.2) is 50.2 Å². The molecule has 6 heteroatoms. The van der Waals surface area contributed by atoms with Gasteiger partial charge < -0.3 is 19.1 Å². The normalized spacial score (nSPS) is 10.2. The molecular formula is C20H29NO5. The number of hydrogen-bond acceptors (Lipinski definition) is 5. The smallest absolute Gasteiger partial charge is 0.338 e. The van der Waals surface area contributed by atoms with Crippen LogP contribution in [0.4, 0.5) is 0 Å². The van der Waals surface area contributed by atoms with Gasteiger partial charge in [-0.05, 0) is 38.5 Å². The number of methoxy groups -OCH3 is 1. The fraction of sp³-hybridized carbons (Fsp3) is 0.500. The van der Waals surface area contributed by atoms with Crippen LogP contribution in [0.1, 0.15) is 44.0 Å². The summed E-state index contributed by atoms with van der Waals surface area (Å²) in [5.41, 5.74) is 1.18. The van der Waals surface area contributed by atoms with Crippen molar-refractivity contribution in [3.8, 4) is 11.5 Å². The lowest BCUT2D eigenvalue weighted by Crippen LogP contribution is -2.35. The fourth-order valence-corrected chi connectivity index (χ4v) is 2.24. The Bertz CT molecular complexity index is 627. The standard InChI is InChI=1S/C20H29NO5/c1-6-8-11-25-17-10-9-16(12-18(17)24-5)20(23)26-14-19(22)21(7-2)13-15(3)4/h9-10,12H,3,6-8,11,13-14H2,1-2,4-5H3. The lowest BCUT2D eigenvalue weighted by atomic mass is 10.2. The van der Waals surface area contributed by atoms with Gasteiger partial charge in [0.1, 0.15) is 0 Å². The number of esters is 1. The molecule has 6 nitrogen and oxygen atoms in total. The van der Waals surface area contributed by atoms with Gasteiger partial charge in [0.05, 0.1) is 19.3 Å². The Hall–Kier alpha value is -2.50. The van der Waals surface area contributed by atoms with Crippen LogP contribution in [0.2, 0.25) is 0 Å². The molecule has 0 heterocycles. The molecule has 0 saturated carbocycles. The lowest BCUT2D eigenvalue weighted by Gasteiger charge is -2.20. The fourth-order valence-electron chi connectivity index (χ4n) is 2.24. The number of carbonyl (C=O) groups is 2. The first-order valence-corrected chi connectivity index (χ1v) is 8.83. The lowest BCUT2D eigenvalue weighted by molar-refractivity contribution is -0.133. The molecule has 0 spiro atoms. The van der Waals surface area contributed by atoms with Crippen molar-refractivity contribution in [1.29, 1.82) is 0 Å². The van der Waals surface area contributed by atoms with Crippen molar-refractivity contribution in [2.75, 3.05) is 33.4 Å². The maximum absolute atomic E-state index is 12.2. The van der Waals surface area contributed by atoms with Gasteiger partial charge in [-0.25, -0.2) is 4.79 Å². The SMILES string of the molecule is C=C(C)CN(CC)C(=O)COC(=O)c1ccc(OCCCC)c(OC)c1. The van der Waals surface area contributed by atoms with Gasteiger partial charge in [-0.1, -0.05) is 25.5 Å². The van der Waals surface area contributed by atoms with E-state index in [1.54, 1.807) is 23.1 Å². The molecule has 0 aromatic heterocycles. The molecule has 0 saturated heterocycles. The van der Waals surface area contributed by atoms with E-state index in [2.05, 4.69) is 13.5 Å². The number of nitrogens with zero attached hydrogens (tertiary/aromatic N) is 1. The summed E-state index contributed by atoms with van der Waals surface area (Å²) < 4.78 is 16.0. The van der Waals surface area contributed by atoms with E-state index in [9.17, 15) is 9.59 Å². The third kappa shape index (κ3) is 6.78. The highest BCUT2D eigenvalue weighted by atomic mass is 16.5. The molecule has 0 bridgehead atoms. The molecule has 1 rings (SSSR count). The van der Waals surface area contributed by atoms with E-state index in [0.717, 1.165) is 18.4 Å². The Kier molecular flexibility index (Phi) is 9.26. The summed E-state index contributed by atoms with van der Waals surface area (Å²) in [4.78, 5) is 25.9. The van der Waals surface area contributed by atoms with E-state index in [1.807, 2.05) is 13.8 Å².